The number of ether oxygens (including phenoxy) is 2. The van der Waals surface area contributed by atoms with Crippen LogP contribution in [-0.2, 0) is 16.1 Å². The highest BCUT2D eigenvalue weighted by molar-refractivity contribution is 5.70. The van der Waals surface area contributed by atoms with Crippen molar-refractivity contribution in [2.75, 3.05) is 20.2 Å². The molecule has 0 radical (unpaired) electrons. The molecule has 2 bridgehead atoms. The van der Waals surface area contributed by atoms with E-state index in [1.165, 1.54) is 19.3 Å². The Balaban J connectivity index is 1.69. The Morgan fingerprint density at radius 1 is 1.06 bits per heavy atom. The molecule has 1 atom stereocenters. The Labute approximate surface area is 186 Å². The van der Waals surface area contributed by atoms with E-state index in [0.717, 1.165) is 43.6 Å². The maximum Gasteiger partial charge on any atom is 0.410 e. The largest absolute Gasteiger partial charge is 0.449 e. The summed E-state index contributed by atoms with van der Waals surface area (Å²) < 4.78 is 11.1. The number of fused-ring (bicyclic) bond motifs is 3. The van der Waals surface area contributed by atoms with Crippen molar-refractivity contribution in [1.29, 1.82) is 0 Å². The van der Waals surface area contributed by atoms with Crippen molar-refractivity contribution in [2.45, 2.75) is 83.4 Å². The van der Waals surface area contributed by atoms with Crippen molar-refractivity contribution < 1.29 is 19.1 Å². The van der Waals surface area contributed by atoms with Gasteiger partial charge in [-0.2, -0.15) is 0 Å². The Morgan fingerprint density at radius 3 is 2.32 bits per heavy atom. The van der Waals surface area contributed by atoms with E-state index in [2.05, 4.69) is 6.92 Å². The molecule has 1 aromatic carbocycles. The second-order valence-corrected chi connectivity index (χ2v) is 9.31. The fourth-order valence-corrected chi connectivity index (χ4v) is 5.18. The summed E-state index contributed by atoms with van der Waals surface area (Å²) in [6.45, 7) is 5.21. The molecule has 6 heteroatoms. The molecule has 0 aliphatic heterocycles. The zero-order chi connectivity index (χ0) is 22.3. The number of unbranched alkanes of at least 4 members (excludes halogenated alkanes) is 1. The molecule has 2 amide bonds. The van der Waals surface area contributed by atoms with Crippen LogP contribution in [-0.4, -0.2) is 53.8 Å². The number of carbonyl (C=O) groups excluding carboxylic acids is 2. The first-order valence-electron chi connectivity index (χ1n) is 11.8. The van der Waals surface area contributed by atoms with Gasteiger partial charge >= 0.3 is 12.2 Å². The van der Waals surface area contributed by atoms with Gasteiger partial charge in [-0.25, -0.2) is 9.59 Å². The number of rotatable bonds is 9. The van der Waals surface area contributed by atoms with Gasteiger partial charge in [0.05, 0.1) is 12.6 Å². The van der Waals surface area contributed by atoms with Crippen molar-refractivity contribution in [1.82, 2.24) is 9.80 Å². The summed E-state index contributed by atoms with van der Waals surface area (Å²) >= 11 is 0. The number of amides is 2. The van der Waals surface area contributed by atoms with Crippen LogP contribution in [0, 0.1) is 5.92 Å². The normalized spacial score (nSPS) is 23.1. The average Bonchev–Trinajstić information content (AvgIpc) is 2.79. The van der Waals surface area contributed by atoms with Crippen LogP contribution >= 0.6 is 0 Å². The summed E-state index contributed by atoms with van der Waals surface area (Å²) in [5.41, 5.74) is 0.819. The van der Waals surface area contributed by atoms with Gasteiger partial charge in [-0.05, 0) is 63.4 Å². The van der Waals surface area contributed by atoms with E-state index in [1.807, 2.05) is 42.2 Å². The monoisotopic (exact) mass is 430 g/mol. The molecule has 0 aromatic heterocycles. The summed E-state index contributed by atoms with van der Waals surface area (Å²) in [7, 11) is 1.74. The first-order chi connectivity index (χ1) is 14.9. The fraction of sp³-hybridized carbons (Fsp3) is 0.680. The molecular formula is C25H38N2O4. The van der Waals surface area contributed by atoms with E-state index in [0.29, 0.717) is 13.2 Å². The molecule has 172 valence electrons. The summed E-state index contributed by atoms with van der Waals surface area (Å²) in [6.07, 6.45) is 7.81. The van der Waals surface area contributed by atoms with Crippen molar-refractivity contribution >= 4 is 12.2 Å². The van der Waals surface area contributed by atoms with Gasteiger partial charge in [0.25, 0.3) is 0 Å². The molecule has 0 saturated heterocycles. The summed E-state index contributed by atoms with van der Waals surface area (Å²) in [6, 6.07) is 9.63. The molecular weight excluding hydrogens is 392 g/mol. The van der Waals surface area contributed by atoms with Gasteiger partial charge < -0.3 is 14.4 Å². The highest BCUT2D eigenvalue weighted by atomic mass is 16.6. The summed E-state index contributed by atoms with van der Waals surface area (Å²) in [5.74, 6) is 0.801. The smallest absolute Gasteiger partial charge is 0.410 e. The van der Waals surface area contributed by atoms with E-state index < -0.39 is 0 Å². The number of carbonyl (C=O) groups is 2. The summed E-state index contributed by atoms with van der Waals surface area (Å²) in [4.78, 5) is 29.3. The molecule has 0 heterocycles. The van der Waals surface area contributed by atoms with Crippen molar-refractivity contribution in [3.63, 3.8) is 0 Å². The molecule has 1 aromatic rings. The number of hydrogen-bond acceptors (Lipinski definition) is 4. The second-order valence-electron chi connectivity index (χ2n) is 9.31. The lowest BCUT2D eigenvalue weighted by molar-refractivity contribution is -0.0368. The minimum Gasteiger partial charge on any atom is -0.449 e. The maximum atomic E-state index is 13.4. The third kappa shape index (κ3) is 5.92. The third-order valence-electron chi connectivity index (χ3n) is 6.98. The lowest BCUT2D eigenvalue weighted by Crippen LogP contribution is -2.61. The SMILES string of the molecule is CCCCOC(=O)N(C)CC(C)N(C(=O)OCc1ccccc1)C12CCC(CC1)CC2. The zero-order valence-electron chi connectivity index (χ0n) is 19.3. The van der Waals surface area contributed by atoms with Gasteiger partial charge in [-0.15, -0.1) is 0 Å². The lowest BCUT2D eigenvalue weighted by atomic mass is 9.64. The number of nitrogens with zero attached hydrogens (tertiary/aromatic N) is 2. The number of benzene rings is 1. The Morgan fingerprint density at radius 2 is 1.71 bits per heavy atom. The molecule has 0 spiro atoms. The van der Waals surface area contributed by atoms with Crippen LogP contribution in [0.25, 0.3) is 0 Å². The molecule has 3 fully saturated rings. The molecule has 3 saturated carbocycles. The number of likely N-dealkylation sites (N-methyl/N-ethyl adjacent to an activating group) is 1. The first-order valence-corrected chi connectivity index (χ1v) is 11.8. The van der Waals surface area contributed by atoms with E-state index in [-0.39, 0.29) is 30.4 Å². The Hall–Kier alpha value is -2.24. The van der Waals surface area contributed by atoms with E-state index in [9.17, 15) is 9.59 Å². The van der Waals surface area contributed by atoms with Crippen LogP contribution in [0.2, 0.25) is 0 Å². The Kier molecular flexibility index (Phi) is 8.22. The van der Waals surface area contributed by atoms with Gasteiger partial charge in [-0.1, -0.05) is 43.7 Å². The quantitative estimate of drug-likeness (QED) is 0.478. The van der Waals surface area contributed by atoms with E-state index >= 15 is 0 Å². The second kappa shape index (κ2) is 10.9. The van der Waals surface area contributed by atoms with Gasteiger partial charge in [0.2, 0.25) is 0 Å². The van der Waals surface area contributed by atoms with Crippen molar-refractivity contribution in [2.24, 2.45) is 5.92 Å². The van der Waals surface area contributed by atoms with Crippen LogP contribution in [0.5, 0.6) is 0 Å². The molecule has 0 N–H and O–H groups in total. The fourth-order valence-electron chi connectivity index (χ4n) is 5.18. The number of hydrogen-bond donors (Lipinski definition) is 0. The Bertz CT molecular complexity index is 702. The van der Waals surface area contributed by atoms with Gasteiger partial charge in [0, 0.05) is 19.1 Å². The van der Waals surface area contributed by atoms with Gasteiger partial charge in [-0.3, -0.25) is 4.90 Å². The molecule has 3 aliphatic rings. The van der Waals surface area contributed by atoms with Crippen molar-refractivity contribution in [3.05, 3.63) is 35.9 Å². The molecule has 31 heavy (non-hydrogen) atoms. The van der Waals surface area contributed by atoms with Crippen LogP contribution in [0.4, 0.5) is 9.59 Å². The van der Waals surface area contributed by atoms with Crippen molar-refractivity contribution in [3.8, 4) is 0 Å². The predicted octanol–water partition coefficient (Wildman–Crippen LogP) is 5.61. The lowest BCUT2D eigenvalue weighted by Gasteiger charge is -2.54. The highest BCUT2D eigenvalue weighted by Crippen LogP contribution is 2.48. The minimum atomic E-state index is -0.331. The molecule has 6 nitrogen and oxygen atoms in total. The molecule has 4 rings (SSSR count). The van der Waals surface area contributed by atoms with Gasteiger partial charge in [0.15, 0.2) is 0 Å². The average molecular weight is 431 g/mol. The van der Waals surface area contributed by atoms with Crippen LogP contribution < -0.4 is 0 Å². The topological polar surface area (TPSA) is 59.1 Å². The van der Waals surface area contributed by atoms with E-state index in [1.54, 1.807) is 11.9 Å². The molecule has 3 aliphatic carbocycles. The highest BCUT2D eigenvalue weighted by Gasteiger charge is 2.48. The standard InChI is InChI=1S/C25H38N2O4/c1-4-5-17-30-23(28)26(3)18-20(2)27(25-14-11-21(12-15-25)13-16-25)24(29)31-19-22-9-7-6-8-10-22/h6-10,20-21H,4-5,11-19H2,1-3H3. The van der Waals surface area contributed by atoms with Crippen LogP contribution in [0.1, 0.15) is 70.8 Å². The maximum absolute atomic E-state index is 13.4. The predicted molar refractivity (Wildman–Crippen MR) is 121 cm³/mol. The first kappa shape index (κ1) is 23.4. The summed E-state index contributed by atoms with van der Waals surface area (Å²) in [5, 5.41) is 0. The minimum absolute atomic E-state index is 0.151. The zero-order valence-corrected chi connectivity index (χ0v) is 19.3. The van der Waals surface area contributed by atoms with E-state index in [4.69, 9.17) is 9.47 Å². The van der Waals surface area contributed by atoms with Crippen LogP contribution in [0.15, 0.2) is 30.3 Å². The van der Waals surface area contributed by atoms with Crippen LogP contribution in [0.3, 0.4) is 0 Å². The molecule has 1 unspecified atom stereocenters. The third-order valence-corrected chi connectivity index (χ3v) is 6.98. The van der Waals surface area contributed by atoms with Gasteiger partial charge in [0.1, 0.15) is 6.61 Å².